The maximum Gasteiger partial charge on any atom is 0.147 e. The normalized spacial score (nSPS) is 10.6. The van der Waals surface area contributed by atoms with E-state index in [-0.39, 0.29) is 0 Å². The van der Waals surface area contributed by atoms with Crippen LogP contribution < -0.4 is 0 Å². The second kappa shape index (κ2) is 5.51. The number of aromatic nitrogens is 2. The average Bonchev–Trinajstić information content (AvgIpc) is 2.91. The predicted molar refractivity (Wildman–Crippen MR) is 79.6 cm³/mol. The standard InChI is InChI=1S/C15H11ClN2S/c16-13-8-6-11(7-9-13)10-14-17-15(19-18-14)12-4-2-1-3-5-12/h1-9H,10H2. The van der Waals surface area contributed by atoms with Crippen LogP contribution in [0.1, 0.15) is 11.4 Å². The van der Waals surface area contributed by atoms with Gasteiger partial charge in [0.15, 0.2) is 0 Å². The Bertz CT molecular complexity index is 662. The van der Waals surface area contributed by atoms with Gasteiger partial charge in [-0.05, 0) is 29.2 Å². The van der Waals surface area contributed by atoms with Gasteiger partial charge >= 0.3 is 0 Å². The summed E-state index contributed by atoms with van der Waals surface area (Å²) in [5.74, 6) is 0.853. The van der Waals surface area contributed by atoms with Gasteiger partial charge in [0.2, 0.25) is 0 Å². The minimum atomic E-state index is 0.737. The van der Waals surface area contributed by atoms with Gasteiger partial charge in [0.1, 0.15) is 10.8 Å². The first-order valence-corrected chi connectivity index (χ1v) is 7.09. The van der Waals surface area contributed by atoms with Crippen LogP contribution in [0.5, 0.6) is 0 Å². The summed E-state index contributed by atoms with van der Waals surface area (Å²) in [6.45, 7) is 0. The lowest BCUT2D eigenvalue weighted by Crippen LogP contribution is -1.90. The molecule has 2 nitrogen and oxygen atoms in total. The Morgan fingerprint density at radius 2 is 1.68 bits per heavy atom. The maximum absolute atomic E-state index is 5.87. The van der Waals surface area contributed by atoms with Crippen LogP contribution in [0.15, 0.2) is 54.6 Å². The monoisotopic (exact) mass is 286 g/mol. The Hall–Kier alpha value is -1.71. The van der Waals surface area contributed by atoms with E-state index in [1.54, 1.807) is 0 Å². The van der Waals surface area contributed by atoms with E-state index < -0.39 is 0 Å². The summed E-state index contributed by atoms with van der Waals surface area (Å²) < 4.78 is 4.41. The lowest BCUT2D eigenvalue weighted by Gasteiger charge is -1.97. The summed E-state index contributed by atoms with van der Waals surface area (Å²) in [4.78, 5) is 4.57. The lowest BCUT2D eigenvalue weighted by molar-refractivity contribution is 1.04. The molecule has 0 atom stereocenters. The summed E-state index contributed by atoms with van der Waals surface area (Å²) >= 11 is 7.31. The molecule has 0 aliphatic rings. The highest BCUT2D eigenvalue weighted by atomic mass is 35.5. The zero-order valence-corrected chi connectivity index (χ0v) is 11.7. The Labute approximate surface area is 120 Å². The summed E-state index contributed by atoms with van der Waals surface area (Å²) in [6, 6.07) is 17.9. The molecule has 0 aliphatic heterocycles. The number of benzene rings is 2. The van der Waals surface area contributed by atoms with Crippen LogP contribution in [-0.4, -0.2) is 9.36 Å². The third-order valence-electron chi connectivity index (χ3n) is 2.76. The molecule has 0 N–H and O–H groups in total. The van der Waals surface area contributed by atoms with Crippen LogP contribution in [-0.2, 0) is 6.42 Å². The van der Waals surface area contributed by atoms with Crippen molar-refractivity contribution < 1.29 is 0 Å². The van der Waals surface area contributed by atoms with Crippen LogP contribution in [0, 0.1) is 0 Å². The predicted octanol–water partition coefficient (Wildman–Crippen LogP) is 4.45. The Kier molecular flexibility index (Phi) is 3.58. The number of halogens is 1. The number of nitrogens with zero attached hydrogens (tertiary/aromatic N) is 2. The largest absolute Gasteiger partial charge is 0.219 e. The zero-order chi connectivity index (χ0) is 13.1. The third kappa shape index (κ3) is 3.00. The highest BCUT2D eigenvalue weighted by Gasteiger charge is 2.06. The first-order valence-electron chi connectivity index (χ1n) is 5.94. The first-order chi connectivity index (χ1) is 9.31. The quantitative estimate of drug-likeness (QED) is 0.711. The molecular formula is C15H11ClN2S. The van der Waals surface area contributed by atoms with E-state index in [0.29, 0.717) is 0 Å². The molecule has 0 unspecified atom stereocenters. The molecule has 2 aromatic carbocycles. The molecule has 94 valence electrons. The van der Waals surface area contributed by atoms with E-state index >= 15 is 0 Å². The Morgan fingerprint density at radius 3 is 2.42 bits per heavy atom. The third-order valence-corrected chi connectivity index (χ3v) is 3.82. The second-order valence-electron chi connectivity index (χ2n) is 4.19. The van der Waals surface area contributed by atoms with Gasteiger partial charge in [-0.25, -0.2) is 4.98 Å². The first kappa shape index (κ1) is 12.3. The summed E-state index contributed by atoms with van der Waals surface area (Å²) in [6.07, 6.45) is 0.737. The van der Waals surface area contributed by atoms with Gasteiger partial charge in [0, 0.05) is 17.0 Å². The molecule has 0 amide bonds. The van der Waals surface area contributed by atoms with Gasteiger partial charge < -0.3 is 0 Å². The van der Waals surface area contributed by atoms with Crippen molar-refractivity contribution in [2.75, 3.05) is 0 Å². The fourth-order valence-electron chi connectivity index (χ4n) is 1.81. The fourth-order valence-corrected chi connectivity index (χ4v) is 2.62. The van der Waals surface area contributed by atoms with Crippen LogP contribution in [0.4, 0.5) is 0 Å². The molecule has 0 spiro atoms. The molecule has 0 aliphatic carbocycles. The summed E-state index contributed by atoms with van der Waals surface area (Å²) in [5.41, 5.74) is 2.28. The Balaban J connectivity index is 1.80. The highest BCUT2D eigenvalue weighted by molar-refractivity contribution is 7.09. The van der Waals surface area contributed by atoms with Crippen LogP contribution in [0.2, 0.25) is 5.02 Å². The lowest BCUT2D eigenvalue weighted by atomic mass is 10.1. The SMILES string of the molecule is Clc1ccc(Cc2nsc(-c3ccccc3)n2)cc1. The van der Waals surface area contributed by atoms with Crippen LogP contribution in [0.25, 0.3) is 10.6 Å². The average molecular weight is 287 g/mol. The van der Waals surface area contributed by atoms with E-state index in [4.69, 9.17) is 11.6 Å². The molecule has 0 saturated carbocycles. The van der Waals surface area contributed by atoms with Crippen molar-refractivity contribution in [2.45, 2.75) is 6.42 Å². The molecule has 3 aromatic rings. The van der Waals surface area contributed by atoms with Crippen molar-refractivity contribution in [1.82, 2.24) is 9.36 Å². The van der Waals surface area contributed by atoms with Crippen molar-refractivity contribution in [3.05, 3.63) is 71.0 Å². The summed E-state index contributed by atoms with van der Waals surface area (Å²) in [7, 11) is 0. The summed E-state index contributed by atoms with van der Waals surface area (Å²) in [5, 5.41) is 1.71. The van der Waals surface area contributed by atoms with E-state index in [1.165, 1.54) is 17.1 Å². The fraction of sp³-hybridized carbons (Fsp3) is 0.0667. The van der Waals surface area contributed by atoms with Crippen molar-refractivity contribution in [3.63, 3.8) is 0 Å². The van der Waals surface area contributed by atoms with E-state index in [9.17, 15) is 0 Å². The molecule has 19 heavy (non-hydrogen) atoms. The Morgan fingerprint density at radius 1 is 0.947 bits per heavy atom. The second-order valence-corrected chi connectivity index (χ2v) is 5.37. The van der Waals surface area contributed by atoms with Crippen molar-refractivity contribution in [2.24, 2.45) is 0 Å². The smallest absolute Gasteiger partial charge is 0.147 e. The molecular weight excluding hydrogens is 276 g/mol. The zero-order valence-electron chi connectivity index (χ0n) is 10.1. The van der Waals surface area contributed by atoms with Crippen molar-refractivity contribution in [1.29, 1.82) is 0 Å². The molecule has 0 bridgehead atoms. The van der Waals surface area contributed by atoms with Gasteiger partial charge in [-0.3, -0.25) is 0 Å². The molecule has 0 saturated heterocycles. The van der Waals surface area contributed by atoms with Crippen LogP contribution in [0.3, 0.4) is 0 Å². The van der Waals surface area contributed by atoms with Crippen LogP contribution >= 0.6 is 23.1 Å². The maximum atomic E-state index is 5.87. The van der Waals surface area contributed by atoms with Gasteiger partial charge in [-0.15, -0.1) is 0 Å². The van der Waals surface area contributed by atoms with E-state index in [0.717, 1.165) is 27.8 Å². The number of hydrogen-bond donors (Lipinski definition) is 0. The molecule has 3 rings (SSSR count). The molecule has 4 heteroatoms. The van der Waals surface area contributed by atoms with Gasteiger partial charge in [0.05, 0.1) is 0 Å². The van der Waals surface area contributed by atoms with Gasteiger partial charge in [0.25, 0.3) is 0 Å². The number of hydrogen-bond acceptors (Lipinski definition) is 3. The minimum Gasteiger partial charge on any atom is -0.219 e. The number of rotatable bonds is 3. The molecule has 1 aromatic heterocycles. The van der Waals surface area contributed by atoms with E-state index in [2.05, 4.69) is 9.36 Å². The van der Waals surface area contributed by atoms with Gasteiger partial charge in [-0.2, -0.15) is 4.37 Å². The van der Waals surface area contributed by atoms with Gasteiger partial charge in [-0.1, -0.05) is 54.1 Å². The minimum absolute atomic E-state index is 0.737. The topological polar surface area (TPSA) is 25.8 Å². The molecule has 0 radical (unpaired) electrons. The van der Waals surface area contributed by atoms with E-state index in [1.807, 2.05) is 54.6 Å². The molecule has 0 fully saturated rings. The van der Waals surface area contributed by atoms with Crippen molar-refractivity contribution in [3.8, 4) is 10.6 Å². The molecule has 1 heterocycles. The van der Waals surface area contributed by atoms with Crippen molar-refractivity contribution >= 4 is 23.1 Å². The highest BCUT2D eigenvalue weighted by Crippen LogP contribution is 2.22.